The molecule has 0 fully saturated rings. The summed E-state index contributed by atoms with van der Waals surface area (Å²) in [4.78, 5) is 31.2. The zero-order chi connectivity index (χ0) is 19.9. The van der Waals surface area contributed by atoms with Crippen LogP contribution in [-0.4, -0.2) is 23.3 Å². The Bertz CT molecular complexity index is 953. The molecule has 3 rings (SSSR count). The van der Waals surface area contributed by atoms with E-state index in [1.54, 1.807) is 17.0 Å². The topological polar surface area (TPSA) is 62.3 Å². The molecule has 0 aliphatic heterocycles. The van der Waals surface area contributed by atoms with Crippen molar-refractivity contribution in [2.45, 2.75) is 20.4 Å². The summed E-state index contributed by atoms with van der Waals surface area (Å²) in [6.07, 6.45) is 1.49. The predicted molar refractivity (Wildman–Crippen MR) is 110 cm³/mol. The fourth-order valence-corrected chi connectivity index (χ4v) is 2.87. The van der Waals surface area contributed by atoms with Crippen LogP contribution in [0.15, 0.2) is 72.9 Å². The first-order valence-corrected chi connectivity index (χ1v) is 9.25. The van der Waals surface area contributed by atoms with Crippen molar-refractivity contribution in [1.82, 2.24) is 10.3 Å². The van der Waals surface area contributed by atoms with Crippen LogP contribution in [0.5, 0.6) is 0 Å². The zero-order valence-corrected chi connectivity index (χ0v) is 16.1. The molecule has 1 aromatic heterocycles. The van der Waals surface area contributed by atoms with E-state index in [2.05, 4.69) is 10.3 Å². The minimum Gasteiger partial charge on any atom is -0.347 e. The number of hydrogen-bond acceptors (Lipinski definition) is 3. The average molecular weight is 373 g/mol. The zero-order valence-electron chi connectivity index (χ0n) is 16.1. The molecule has 0 bridgehead atoms. The summed E-state index contributed by atoms with van der Waals surface area (Å²) in [5, 5.41) is 2.85. The molecule has 0 atom stereocenters. The molecule has 0 unspecified atom stereocenters. The lowest BCUT2D eigenvalue weighted by atomic mass is 10.1. The summed E-state index contributed by atoms with van der Waals surface area (Å²) < 4.78 is 0. The standard InChI is InChI=1S/C23H23N3O2/c1-3-26(20-7-5-4-6-8-20)23(28)19-13-14-24-21(15-19)22(27)25-16-18-11-9-17(2)10-12-18/h4-15H,3,16H2,1-2H3,(H,25,27). The Morgan fingerprint density at radius 2 is 1.71 bits per heavy atom. The minimum absolute atomic E-state index is 0.163. The maximum absolute atomic E-state index is 12.9. The highest BCUT2D eigenvalue weighted by Gasteiger charge is 2.18. The van der Waals surface area contributed by atoms with Crippen molar-refractivity contribution in [3.63, 3.8) is 0 Å². The SMILES string of the molecule is CCN(C(=O)c1ccnc(C(=O)NCc2ccc(C)cc2)c1)c1ccccc1. The Labute approximate surface area is 165 Å². The lowest BCUT2D eigenvalue weighted by Crippen LogP contribution is -2.31. The number of rotatable bonds is 6. The Hall–Kier alpha value is -3.47. The number of aryl methyl sites for hydroxylation is 1. The summed E-state index contributed by atoms with van der Waals surface area (Å²) in [5.41, 5.74) is 3.65. The Balaban J connectivity index is 1.72. The van der Waals surface area contributed by atoms with E-state index in [1.165, 1.54) is 11.8 Å². The number of hydrogen-bond donors (Lipinski definition) is 1. The summed E-state index contributed by atoms with van der Waals surface area (Å²) >= 11 is 0. The summed E-state index contributed by atoms with van der Waals surface area (Å²) in [6.45, 7) is 4.87. The summed E-state index contributed by atoms with van der Waals surface area (Å²) in [7, 11) is 0. The highest BCUT2D eigenvalue weighted by molar-refractivity contribution is 6.07. The first-order chi connectivity index (χ1) is 13.6. The molecule has 1 heterocycles. The number of benzene rings is 2. The summed E-state index contributed by atoms with van der Waals surface area (Å²) in [5.74, 6) is -0.471. The molecule has 1 N–H and O–H groups in total. The van der Waals surface area contributed by atoms with Gasteiger partial charge in [0.1, 0.15) is 5.69 Å². The normalized spacial score (nSPS) is 10.4. The second-order valence-electron chi connectivity index (χ2n) is 6.48. The largest absolute Gasteiger partial charge is 0.347 e. The average Bonchev–Trinajstić information content (AvgIpc) is 2.74. The van der Waals surface area contributed by atoms with Crippen molar-refractivity contribution in [3.05, 3.63) is 95.3 Å². The number of carbonyl (C=O) groups excluding carboxylic acids is 2. The van der Waals surface area contributed by atoms with Gasteiger partial charge in [-0.3, -0.25) is 14.6 Å². The Morgan fingerprint density at radius 1 is 1.00 bits per heavy atom. The molecular formula is C23H23N3O2. The van der Waals surface area contributed by atoms with E-state index >= 15 is 0 Å². The molecule has 0 aliphatic carbocycles. The fourth-order valence-electron chi connectivity index (χ4n) is 2.87. The van der Waals surface area contributed by atoms with E-state index in [9.17, 15) is 9.59 Å². The van der Waals surface area contributed by atoms with E-state index in [-0.39, 0.29) is 17.5 Å². The molecule has 0 aliphatic rings. The number of pyridine rings is 1. The van der Waals surface area contributed by atoms with Crippen molar-refractivity contribution in [1.29, 1.82) is 0 Å². The van der Waals surface area contributed by atoms with Crippen LogP contribution in [0.4, 0.5) is 5.69 Å². The van der Waals surface area contributed by atoms with Gasteiger partial charge in [0.2, 0.25) is 0 Å². The fraction of sp³-hybridized carbons (Fsp3) is 0.174. The van der Waals surface area contributed by atoms with Crippen molar-refractivity contribution in [3.8, 4) is 0 Å². The van der Waals surface area contributed by atoms with Crippen LogP contribution in [0.2, 0.25) is 0 Å². The maximum atomic E-state index is 12.9. The third-order valence-corrected chi connectivity index (χ3v) is 4.44. The van der Waals surface area contributed by atoms with E-state index in [1.807, 2.05) is 68.4 Å². The van der Waals surface area contributed by atoms with Gasteiger partial charge >= 0.3 is 0 Å². The Kier molecular flexibility index (Phi) is 6.17. The van der Waals surface area contributed by atoms with Crippen LogP contribution < -0.4 is 10.2 Å². The number of para-hydroxylation sites is 1. The lowest BCUT2D eigenvalue weighted by molar-refractivity contribution is 0.0946. The molecule has 28 heavy (non-hydrogen) atoms. The molecule has 0 saturated heterocycles. The second-order valence-corrected chi connectivity index (χ2v) is 6.48. The smallest absolute Gasteiger partial charge is 0.270 e. The van der Waals surface area contributed by atoms with Gasteiger partial charge in [-0.15, -0.1) is 0 Å². The number of anilines is 1. The third kappa shape index (κ3) is 4.62. The molecule has 2 amide bonds. The van der Waals surface area contributed by atoms with Gasteiger partial charge in [-0.25, -0.2) is 0 Å². The molecule has 3 aromatic rings. The van der Waals surface area contributed by atoms with Crippen LogP contribution in [0, 0.1) is 6.92 Å². The molecule has 142 valence electrons. The summed E-state index contributed by atoms with van der Waals surface area (Å²) in [6, 6.07) is 20.6. The molecular weight excluding hydrogens is 350 g/mol. The first kappa shape index (κ1) is 19.3. The third-order valence-electron chi connectivity index (χ3n) is 4.44. The van der Waals surface area contributed by atoms with Gasteiger partial charge < -0.3 is 10.2 Å². The van der Waals surface area contributed by atoms with Crippen LogP contribution in [-0.2, 0) is 6.54 Å². The minimum atomic E-state index is -0.307. The van der Waals surface area contributed by atoms with E-state index in [4.69, 9.17) is 0 Å². The van der Waals surface area contributed by atoms with Crippen LogP contribution in [0.1, 0.15) is 38.9 Å². The van der Waals surface area contributed by atoms with Crippen molar-refractivity contribution < 1.29 is 9.59 Å². The highest BCUT2D eigenvalue weighted by atomic mass is 16.2. The van der Waals surface area contributed by atoms with Gasteiger partial charge in [0.05, 0.1) is 0 Å². The van der Waals surface area contributed by atoms with E-state index in [0.29, 0.717) is 18.7 Å². The first-order valence-electron chi connectivity index (χ1n) is 9.25. The van der Waals surface area contributed by atoms with Gasteiger partial charge in [-0.05, 0) is 43.7 Å². The van der Waals surface area contributed by atoms with Gasteiger partial charge in [0.15, 0.2) is 0 Å². The van der Waals surface area contributed by atoms with Crippen LogP contribution in [0.3, 0.4) is 0 Å². The van der Waals surface area contributed by atoms with Gasteiger partial charge in [0.25, 0.3) is 11.8 Å². The van der Waals surface area contributed by atoms with Crippen molar-refractivity contribution >= 4 is 17.5 Å². The molecule has 5 heteroatoms. The molecule has 0 radical (unpaired) electrons. The maximum Gasteiger partial charge on any atom is 0.270 e. The van der Waals surface area contributed by atoms with Crippen molar-refractivity contribution in [2.24, 2.45) is 0 Å². The number of aromatic nitrogens is 1. The molecule has 0 saturated carbocycles. The number of nitrogens with zero attached hydrogens (tertiary/aromatic N) is 2. The number of carbonyl (C=O) groups is 2. The molecule has 2 aromatic carbocycles. The van der Waals surface area contributed by atoms with Crippen LogP contribution >= 0.6 is 0 Å². The van der Waals surface area contributed by atoms with Gasteiger partial charge in [-0.2, -0.15) is 0 Å². The van der Waals surface area contributed by atoms with Crippen molar-refractivity contribution in [2.75, 3.05) is 11.4 Å². The van der Waals surface area contributed by atoms with Gasteiger partial charge in [0, 0.05) is 30.5 Å². The number of nitrogens with one attached hydrogen (secondary N) is 1. The quantitative estimate of drug-likeness (QED) is 0.711. The molecule has 0 spiro atoms. The predicted octanol–water partition coefficient (Wildman–Crippen LogP) is 3.99. The van der Waals surface area contributed by atoms with Gasteiger partial charge in [-0.1, -0.05) is 48.0 Å². The van der Waals surface area contributed by atoms with E-state index in [0.717, 1.165) is 11.3 Å². The van der Waals surface area contributed by atoms with Crippen LogP contribution in [0.25, 0.3) is 0 Å². The molecule has 5 nitrogen and oxygen atoms in total. The monoisotopic (exact) mass is 373 g/mol. The highest BCUT2D eigenvalue weighted by Crippen LogP contribution is 2.17. The second kappa shape index (κ2) is 8.95. The number of amides is 2. The van der Waals surface area contributed by atoms with E-state index < -0.39 is 0 Å². The lowest BCUT2D eigenvalue weighted by Gasteiger charge is -2.21. The Morgan fingerprint density at radius 3 is 2.39 bits per heavy atom.